The number of hydrogen-bond acceptors (Lipinski definition) is 6. The zero-order valence-electron chi connectivity index (χ0n) is 17.2. The topological polar surface area (TPSA) is 96.6 Å². The van der Waals surface area contributed by atoms with E-state index in [1.54, 1.807) is 13.8 Å². The van der Waals surface area contributed by atoms with Gasteiger partial charge in [0.15, 0.2) is 0 Å². The van der Waals surface area contributed by atoms with E-state index in [0.29, 0.717) is 0 Å². The Kier molecular flexibility index (Phi) is 6.87. The summed E-state index contributed by atoms with van der Waals surface area (Å²) in [5.74, 6) is -2.31. The van der Waals surface area contributed by atoms with Crippen molar-refractivity contribution in [1.29, 1.82) is 0 Å². The minimum atomic E-state index is -0.685. The van der Waals surface area contributed by atoms with Crippen molar-refractivity contribution in [3.05, 3.63) is 69.0 Å². The molecule has 1 fully saturated rings. The van der Waals surface area contributed by atoms with Crippen LogP contribution in [-0.2, 0) is 25.6 Å². The summed E-state index contributed by atoms with van der Waals surface area (Å²) in [6.07, 6.45) is 1.98. The molecule has 30 heavy (non-hydrogen) atoms. The normalized spacial score (nSPS) is 20.7. The molecule has 1 aromatic heterocycles. The summed E-state index contributed by atoms with van der Waals surface area (Å²) in [7, 11) is 0. The lowest BCUT2D eigenvalue weighted by molar-refractivity contribution is -0.158. The number of carbonyl (C=O) groups is 2. The summed E-state index contributed by atoms with van der Waals surface area (Å²) in [6, 6.07) is 10.1. The molecular weight excluding hydrogens is 388 g/mol. The Morgan fingerprint density at radius 3 is 2.03 bits per heavy atom. The van der Waals surface area contributed by atoms with Crippen LogP contribution in [-0.4, -0.2) is 34.3 Å². The molecule has 3 rings (SSSR count). The van der Waals surface area contributed by atoms with E-state index in [1.807, 2.05) is 30.3 Å². The van der Waals surface area contributed by atoms with Crippen LogP contribution in [0, 0.1) is 11.8 Å². The average molecular weight is 414 g/mol. The molecule has 0 amide bonds. The minimum absolute atomic E-state index is 0.147. The predicted octanol–water partition coefficient (Wildman–Crippen LogP) is 1.75. The predicted molar refractivity (Wildman–Crippen MR) is 109 cm³/mol. The maximum atomic E-state index is 13.1. The van der Waals surface area contributed by atoms with E-state index >= 15 is 0 Å². The molecule has 0 N–H and O–H groups in total. The summed E-state index contributed by atoms with van der Waals surface area (Å²) < 4.78 is 12.9. The van der Waals surface area contributed by atoms with Crippen LogP contribution in [0.1, 0.15) is 38.3 Å². The highest BCUT2D eigenvalue weighted by atomic mass is 16.5. The third-order valence-electron chi connectivity index (χ3n) is 5.39. The van der Waals surface area contributed by atoms with Gasteiger partial charge in [-0.2, -0.15) is 0 Å². The smallest absolute Gasteiger partial charge is 0.331 e. The fourth-order valence-electron chi connectivity index (χ4n) is 3.98. The van der Waals surface area contributed by atoms with Crippen molar-refractivity contribution >= 4 is 11.9 Å². The van der Waals surface area contributed by atoms with E-state index in [-0.39, 0.29) is 32.6 Å². The maximum absolute atomic E-state index is 13.1. The number of nitrogens with zero attached hydrogens (tertiary/aromatic N) is 2. The zero-order valence-corrected chi connectivity index (χ0v) is 17.2. The Balaban J connectivity index is 1.92. The number of carbonyl (C=O) groups excluding carboxylic acids is 2. The van der Waals surface area contributed by atoms with Crippen molar-refractivity contribution in [2.45, 2.75) is 39.3 Å². The highest BCUT2D eigenvalue weighted by Crippen LogP contribution is 2.40. The van der Waals surface area contributed by atoms with Gasteiger partial charge in [-0.3, -0.25) is 23.5 Å². The van der Waals surface area contributed by atoms with Crippen LogP contribution >= 0.6 is 0 Å². The van der Waals surface area contributed by atoms with Crippen molar-refractivity contribution in [3.63, 3.8) is 0 Å². The van der Waals surface area contributed by atoms with Gasteiger partial charge in [-0.25, -0.2) is 4.79 Å². The van der Waals surface area contributed by atoms with Crippen LogP contribution in [0.25, 0.3) is 0 Å². The standard InChI is InChI=1S/C22H26N2O6/c1-3-29-20(26)17-12-16(13-18(17)21(27)30-4-2)23-11-10-19(25)24(22(23)28)14-15-8-6-5-7-9-15/h5-11,16-18H,3-4,12-14H2,1-2H3/t16?,17-,18+. The van der Waals surface area contributed by atoms with Gasteiger partial charge in [0.05, 0.1) is 31.6 Å². The molecule has 1 aliphatic carbocycles. The molecule has 8 heteroatoms. The summed E-state index contributed by atoms with van der Waals surface area (Å²) in [4.78, 5) is 50.2. The Labute approximate surface area is 174 Å². The Bertz CT molecular complexity index is 984. The van der Waals surface area contributed by atoms with Gasteiger partial charge in [0.2, 0.25) is 0 Å². The van der Waals surface area contributed by atoms with Gasteiger partial charge in [0, 0.05) is 18.3 Å². The number of esters is 2. The Morgan fingerprint density at radius 2 is 1.50 bits per heavy atom. The van der Waals surface area contributed by atoms with Crippen molar-refractivity contribution in [2.75, 3.05) is 13.2 Å². The average Bonchev–Trinajstić information content (AvgIpc) is 3.18. The molecule has 0 aliphatic heterocycles. The second-order valence-corrected chi connectivity index (χ2v) is 7.26. The lowest BCUT2D eigenvalue weighted by Gasteiger charge is -2.16. The summed E-state index contributed by atoms with van der Waals surface area (Å²) in [5.41, 5.74) is -0.0415. The van der Waals surface area contributed by atoms with Gasteiger partial charge in [-0.05, 0) is 32.3 Å². The molecule has 0 radical (unpaired) electrons. The molecule has 160 valence electrons. The van der Waals surface area contributed by atoms with Crippen LogP contribution in [0.3, 0.4) is 0 Å². The largest absolute Gasteiger partial charge is 0.466 e. The fraction of sp³-hybridized carbons (Fsp3) is 0.455. The lowest BCUT2D eigenvalue weighted by atomic mass is 9.96. The highest BCUT2D eigenvalue weighted by Gasteiger charge is 2.45. The molecule has 2 aromatic rings. The van der Waals surface area contributed by atoms with Crippen LogP contribution in [0.5, 0.6) is 0 Å². The number of ether oxygens (including phenoxy) is 2. The van der Waals surface area contributed by atoms with Crippen molar-refractivity contribution in [2.24, 2.45) is 11.8 Å². The molecule has 1 saturated carbocycles. The Hall–Kier alpha value is -3.16. The number of rotatable bonds is 7. The molecular formula is C22H26N2O6. The maximum Gasteiger partial charge on any atom is 0.331 e. The molecule has 3 atom stereocenters. The first-order valence-electron chi connectivity index (χ1n) is 10.1. The van der Waals surface area contributed by atoms with Crippen LogP contribution in [0.15, 0.2) is 52.2 Å². The molecule has 1 unspecified atom stereocenters. The molecule has 8 nitrogen and oxygen atoms in total. The second-order valence-electron chi connectivity index (χ2n) is 7.26. The van der Waals surface area contributed by atoms with Crippen molar-refractivity contribution in [1.82, 2.24) is 9.13 Å². The van der Waals surface area contributed by atoms with Gasteiger partial charge in [0.25, 0.3) is 5.56 Å². The monoisotopic (exact) mass is 414 g/mol. The first-order chi connectivity index (χ1) is 14.5. The molecule has 0 bridgehead atoms. The van der Waals surface area contributed by atoms with E-state index in [2.05, 4.69) is 0 Å². The van der Waals surface area contributed by atoms with Crippen LogP contribution in [0.2, 0.25) is 0 Å². The third kappa shape index (κ3) is 4.53. The van der Waals surface area contributed by atoms with Gasteiger partial charge < -0.3 is 9.47 Å². The SMILES string of the molecule is CCOC(=O)[C@H]1CC(n2ccc(=O)n(Cc3ccccc3)c2=O)C[C@H]1C(=O)OCC. The van der Waals surface area contributed by atoms with Gasteiger partial charge in [0.1, 0.15) is 0 Å². The lowest BCUT2D eigenvalue weighted by Crippen LogP contribution is -2.40. The number of aromatic nitrogens is 2. The highest BCUT2D eigenvalue weighted by molar-refractivity contribution is 5.82. The van der Waals surface area contributed by atoms with E-state index in [1.165, 1.54) is 16.8 Å². The quantitative estimate of drug-likeness (QED) is 0.641. The zero-order chi connectivity index (χ0) is 21.7. The van der Waals surface area contributed by atoms with Crippen molar-refractivity contribution < 1.29 is 19.1 Å². The summed E-state index contributed by atoms with van der Waals surface area (Å²) in [6.45, 7) is 3.96. The first kappa shape index (κ1) is 21.5. The summed E-state index contributed by atoms with van der Waals surface area (Å²) >= 11 is 0. The van der Waals surface area contributed by atoms with Gasteiger partial charge in [-0.15, -0.1) is 0 Å². The molecule has 1 heterocycles. The first-order valence-corrected chi connectivity index (χ1v) is 10.1. The van der Waals surface area contributed by atoms with E-state index in [0.717, 1.165) is 10.1 Å². The number of benzene rings is 1. The molecule has 0 spiro atoms. The third-order valence-corrected chi connectivity index (χ3v) is 5.39. The summed E-state index contributed by atoms with van der Waals surface area (Å²) in [5, 5.41) is 0. The van der Waals surface area contributed by atoms with Gasteiger partial charge >= 0.3 is 17.6 Å². The van der Waals surface area contributed by atoms with Crippen LogP contribution in [0.4, 0.5) is 0 Å². The molecule has 1 aromatic carbocycles. The number of hydrogen-bond donors (Lipinski definition) is 0. The van der Waals surface area contributed by atoms with E-state index in [9.17, 15) is 19.2 Å². The van der Waals surface area contributed by atoms with E-state index < -0.39 is 41.1 Å². The minimum Gasteiger partial charge on any atom is -0.466 e. The van der Waals surface area contributed by atoms with Crippen LogP contribution < -0.4 is 11.2 Å². The fourth-order valence-corrected chi connectivity index (χ4v) is 3.98. The van der Waals surface area contributed by atoms with Crippen molar-refractivity contribution in [3.8, 4) is 0 Å². The van der Waals surface area contributed by atoms with Gasteiger partial charge in [-0.1, -0.05) is 30.3 Å². The molecule has 0 saturated heterocycles. The second kappa shape index (κ2) is 9.56. The molecule has 1 aliphatic rings. The van der Waals surface area contributed by atoms with E-state index in [4.69, 9.17) is 9.47 Å². The Morgan fingerprint density at radius 1 is 0.933 bits per heavy atom.